The number of benzene rings is 1. The van der Waals surface area contributed by atoms with Crippen molar-refractivity contribution in [2.75, 3.05) is 5.75 Å². The molecule has 1 unspecified atom stereocenters. The number of rotatable bonds is 5. The molecule has 4 nitrogen and oxygen atoms in total. The summed E-state index contributed by atoms with van der Waals surface area (Å²) in [5.74, 6) is -2.51. The first kappa shape index (κ1) is 16.7. The molecule has 10 heteroatoms. The van der Waals surface area contributed by atoms with Crippen LogP contribution < -0.4 is 0 Å². The smallest absolute Gasteiger partial charge is 0.299 e. The molecule has 0 radical (unpaired) electrons. The van der Waals surface area contributed by atoms with E-state index in [2.05, 4.69) is 10.1 Å². The Kier molecular flexibility index (Phi) is 5.01. The fraction of sp³-hybridized carbons (Fsp3) is 0.333. The van der Waals surface area contributed by atoms with Crippen LogP contribution in [0.2, 0.25) is 0 Å². The van der Waals surface area contributed by atoms with Gasteiger partial charge in [0, 0.05) is 11.6 Å². The summed E-state index contributed by atoms with van der Waals surface area (Å²) in [6.07, 6.45) is -4.84. The Hall–Kier alpha value is -1.68. The lowest BCUT2D eigenvalue weighted by molar-refractivity contribution is 0.140. The standard InChI is InChI=1S/C12H10F5N3OS/c1-6-2-7(13)8(3-9(6)22(21)4-10(14)15)20-5-18-12(19-20)11(16)17/h2-3,5,10-11H,4H2,1H3. The first-order valence-electron chi connectivity index (χ1n) is 5.96. The highest BCUT2D eigenvalue weighted by Crippen LogP contribution is 2.25. The van der Waals surface area contributed by atoms with Crippen LogP contribution in [-0.2, 0) is 11.2 Å². The summed E-state index contributed by atoms with van der Waals surface area (Å²) in [6, 6.07) is 2.03. The van der Waals surface area contributed by atoms with E-state index in [1.165, 1.54) is 6.92 Å². The molecule has 1 aromatic carbocycles. The summed E-state index contributed by atoms with van der Waals surface area (Å²) in [4.78, 5) is 3.31. The monoisotopic (exact) mass is 339 g/mol. The minimum absolute atomic E-state index is 0.00852. The van der Waals surface area contributed by atoms with E-state index in [4.69, 9.17) is 0 Å². The van der Waals surface area contributed by atoms with Crippen molar-refractivity contribution in [2.24, 2.45) is 0 Å². The van der Waals surface area contributed by atoms with E-state index in [0.29, 0.717) is 0 Å². The molecule has 0 saturated carbocycles. The van der Waals surface area contributed by atoms with Crippen LogP contribution >= 0.6 is 0 Å². The topological polar surface area (TPSA) is 53.8 Å². The van der Waals surface area contributed by atoms with Crippen molar-refractivity contribution in [1.29, 1.82) is 0 Å². The van der Waals surface area contributed by atoms with E-state index in [9.17, 15) is 26.5 Å². The lowest BCUT2D eigenvalue weighted by Gasteiger charge is -2.14. The molecule has 0 aliphatic heterocycles. The average molecular weight is 339 g/mol. The summed E-state index contributed by atoms with van der Waals surface area (Å²) in [7, 11) is 0. The van der Waals surface area contributed by atoms with Crippen LogP contribution in [0.5, 0.6) is 0 Å². The second-order valence-electron chi connectivity index (χ2n) is 4.32. The van der Waals surface area contributed by atoms with Gasteiger partial charge in [-0.2, -0.15) is 0 Å². The summed E-state index contributed by atoms with van der Waals surface area (Å²) >= 11 is -2.05. The molecule has 2 rings (SSSR count). The van der Waals surface area contributed by atoms with Crippen molar-refractivity contribution in [3.8, 4) is 5.69 Å². The van der Waals surface area contributed by atoms with E-state index in [1.54, 1.807) is 0 Å². The first-order chi connectivity index (χ1) is 10.3. The second kappa shape index (κ2) is 6.61. The molecule has 1 aromatic heterocycles. The Morgan fingerprint density at radius 2 is 1.95 bits per heavy atom. The summed E-state index contributed by atoms with van der Waals surface area (Å²) in [5, 5.41) is 3.40. The normalized spacial score (nSPS) is 13.1. The average Bonchev–Trinajstić information content (AvgIpc) is 2.87. The van der Waals surface area contributed by atoms with Crippen molar-refractivity contribution in [2.45, 2.75) is 24.7 Å². The van der Waals surface area contributed by atoms with Gasteiger partial charge in [-0.15, -0.1) is 5.10 Å². The molecule has 120 valence electrons. The van der Waals surface area contributed by atoms with Crippen LogP contribution in [0.15, 0.2) is 23.4 Å². The van der Waals surface area contributed by atoms with Gasteiger partial charge in [0.05, 0.1) is 0 Å². The van der Waals surface area contributed by atoms with Gasteiger partial charge < -0.3 is 4.55 Å². The van der Waals surface area contributed by atoms with Gasteiger partial charge in [0.2, 0.25) is 5.82 Å². The minimum atomic E-state index is -2.93. The summed E-state index contributed by atoms with van der Waals surface area (Å²) in [5.41, 5.74) is -0.0722. The SMILES string of the molecule is Cc1cc(F)c(-n2cnc(C(F)F)n2)cc1[S+]([O-])CC(F)F. The lowest BCUT2D eigenvalue weighted by atomic mass is 10.2. The largest absolute Gasteiger partial charge is 0.611 e. The molecule has 1 heterocycles. The van der Waals surface area contributed by atoms with Crippen molar-refractivity contribution in [3.05, 3.63) is 35.7 Å². The number of hydrogen-bond donors (Lipinski definition) is 0. The third kappa shape index (κ3) is 3.55. The molecule has 0 N–H and O–H groups in total. The highest BCUT2D eigenvalue weighted by Gasteiger charge is 2.23. The second-order valence-corrected chi connectivity index (χ2v) is 5.78. The first-order valence-corrected chi connectivity index (χ1v) is 7.28. The molecule has 0 aliphatic carbocycles. The molecule has 0 spiro atoms. The molecule has 0 bridgehead atoms. The Labute approximate surface area is 125 Å². The van der Waals surface area contributed by atoms with Crippen LogP contribution in [-0.4, -0.2) is 31.5 Å². The zero-order valence-corrected chi connectivity index (χ0v) is 12.0. The molecule has 0 saturated heterocycles. The Morgan fingerprint density at radius 1 is 1.27 bits per heavy atom. The third-order valence-electron chi connectivity index (χ3n) is 2.72. The van der Waals surface area contributed by atoms with Gasteiger partial charge in [0.15, 0.2) is 10.6 Å². The molecular weight excluding hydrogens is 329 g/mol. The third-order valence-corrected chi connectivity index (χ3v) is 4.20. The number of alkyl halides is 4. The van der Waals surface area contributed by atoms with Crippen LogP contribution in [0.3, 0.4) is 0 Å². The van der Waals surface area contributed by atoms with Gasteiger partial charge in [-0.1, -0.05) is 0 Å². The van der Waals surface area contributed by atoms with Crippen molar-refractivity contribution < 1.29 is 26.5 Å². The maximum atomic E-state index is 13.9. The summed E-state index contributed by atoms with van der Waals surface area (Å²) < 4.78 is 76.0. The van der Waals surface area contributed by atoms with E-state index in [1.807, 2.05) is 0 Å². The molecule has 0 aliphatic rings. The van der Waals surface area contributed by atoms with Gasteiger partial charge in [0.1, 0.15) is 17.8 Å². The zero-order chi connectivity index (χ0) is 16.4. The molecule has 0 fully saturated rings. The van der Waals surface area contributed by atoms with Gasteiger partial charge in [-0.3, -0.25) is 0 Å². The van der Waals surface area contributed by atoms with Gasteiger partial charge in [-0.25, -0.2) is 31.6 Å². The van der Waals surface area contributed by atoms with Gasteiger partial charge in [-0.05, 0) is 24.2 Å². The van der Waals surface area contributed by atoms with E-state index in [0.717, 1.165) is 23.1 Å². The van der Waals surface area contributed by atoms with E-state index >= 15 is 0 Å². The van der Waals surface area contributed by atoms with Crippen molar-refractivity contribution >= 4 is 11.2 Å². The number of halogens is 5. The van der Waals surface area contributed by atoms with E-state index < -0.39 is 41.4 Å². The van der Waals surface area contributed by atoms with Crippen LogP contribution in [0.1, 0.15) is 17.8 Å². The van der Waals surface area contributed by atoms with Crippen LogP contribution in [0.4, 0.5) is 22.0 Å². The Balaban J connectivity index is 2.43. The van der Waals surface area contributed by atoms with Gasteiger partial charge >= 0.3 is 0 Å². The van der Waals surface area contributed by atoms with E-state index in [-0.39, 0.29) is 16.1 Å². The number of hydrogen-bond acceptors (Lipinski definition) is 3. The molecule has 0 amide bonds. The lowest BCUT2D eigenvalue weighted by Crippen LogP contribution is -2.16. The molecule has 1 atom stereocenters. The summed E-state index contributed by atoms with van der Waals surface area (Å²) in [6.45, 7) is 1.41. The maximum Gasteiger partial charge on any atom is 0.299 e. The van der Waals surface area contributed by atoms with Crippen molar-refractivity contribution in [3.63, 3.8) is 0 Å². The molecular formula is C12H10F5N3OS. The minimum Gasteiger partial charge on any atom is -0.611 e. The Bertz CT molecular complexity index is 664. The van der Waals surface area contributed by atoms with Crippen LogP contribution in [0.25, 0.3) is 5.69 Å². The predicted molar refractivity (Wildman–Crippen MR) is 68.3 cm³/mol. The maximum absolute atomic E-state index is 13.9. The predicted octanol–water partition coefficient (Wildman–Crippen LogP) is 3.03. The number of aryl methyl sites for hydroxylation is 1. The quantitative estimate of drug-likeness (QED) is 0.621. The van der Waals surface area contributed by atoms with Gasteiger partial charge in [0.25, 0.3) is 12.9 Å². The molecule has 2 aromatic rings. The number of aromatic nitrogens is 3. The Morgan fingerprint density at radius 3 is 2.50 bits per heavy atom. The van der Waals surface area contributed by atoms with Crippen molar-refractivity contribution in [1.82, 2.24) is 14.8 Å². The zero-order valence-electron chi connectivity index (χ0n) is 11.1. The highest BCUT2D eigenvalue weighted by atomic mass is 32.2. The highest BCUT2D eigenvalue weighted by molar-refractivity contribution is 7.91. The van der Waals surface area contributed by atoms with Crippen LogP contribution in [0, 0.1) is 12.7 Å². The fourth-order valence-electron chi connectivity index (χ4n) is 1.76. The number of nitrogens with zero attached hydrogens (tertiary/aromatic N) is 3. The fourth-order valence-corrected chi connectivity index (χ4v) is 2.83. The molecule has 22 heavy (non-hydrogen) atoms.